The van der Waals surface area contributed by atoms with Gasteiger partial charge in [-0.2, -0.15) is 0 Å². The van der Waals surface area contributed by atoms with Crippen molar-refractivity contribution in [3.05, 3.63) is 40.6 Å². The molecule has 0 amide bonds. The fourth-order valence-electron chi connectivity index (χ4n) is 3.14. The van der Waals surface area contributed by atoms with Gasteiger partial charge >= 0.3 is 0 Å². The van der Waals surface area contributed by atoms with Gasteiger partial charge in [0.05, 0.1) is 16.0 Å². The number of non-ortho nitro benzene ring substituents is 1. The molecule has 1 aliphatic heterocycles. The third-order valence-corrected chi connectivity index (χ3v) is 4.57. The highest BCUT2D eigenvalue weighted by Gasteiger charge is 2.34. The maximum Gasteiger partial charge on any atom is 0.278 e. The van der Waals surface area contributed by atoms with Gasteiger partial charge in [-0.1, -0.05) is 13.8 Å². The zero-order valence-corrected chi connectivity index (χ0v) is 12.8. The van der Waals surface area contributed by atoms with Crippen molar-refractivity contribution in [1.29, 1.82) is 0 Å². The van der Waals surface area contributed by atoms with Gasteiger partial charge in [-0.15, -0.1) is 0 Å². The Bertz CT molecular complexity index is 729. The molecule has 1 atom stereocenters. The number of pyridine rings is 1. The van der Waals surface area contributed by atoms with Gasteiger partial charge in [0.15, 0.2) is 0 Å². The Morgan fingerprint density at radius 1 is 1.41 bits per heavy atom. The summed E-state index contributed by atoms with van der Waals surface area (Å²) in [6.07, 6.45) is 2.58. The smallest absolute Gasteiger partial charge is 0.278 e. The second-order valence-electron chi connectivity index (χ2n) is 6.57. The van der Waals surface area contributed by atoms with Crippen molar-refractivity contribution in [2.75, 3.05) is 18.0 Å². The highest BCUT2D eigenvalue weighted by atomic mass is 16.6. The van der Waals surface area contributed by atoms with E-state index in [1.54, 1.807) is 30.5 Å². The number of nitrogens with two attached hydrogens (primary N) is 1. The Morgan fingerprint density at radius 2 is 2.18 bits per heavy atom. The van der Waals surface area contributed by atoms with E-state index in [-0.39, 0.29) is 22.1 Å². The van der Waals surface area contributed by atoms with Crippen LogP contribution in [0.3, 0.4) is 0 Å². The molecule has 3 rings (SSSR count). The van der Waals surface area contributed by atoms with Crippen molar-refractivity contribution < 1.29 is 4.92 Å². The van der Waals surface area contributed by atoms with Crippen molar-refractivity contribution in [3.63, 3.8) is 0 Å². The summed E-state index contributed by atoms with van der Waals surface area (Å²) in [6.45, 7) is 5.97. The molecule has 0 aliphatic carbocycles. The van der Waals surface area contributed by atoms with E-state index < -0.39 is 0 Å². The third kappa shape index (κ3) is 2.39. The summed E-state index contributed by atoms with van der Waals surface area (Å²) in [5.74, 6) is 0. The quantitative estimate of drug-likeness (QED) is 0.681. The fourth-order valence-corrected chi connectivity index (χ4v) is 3.14. The molecule has 0 spiro atoms. The molecule has 1 aromatic carbocycles. The molecular formula is C16H20N4O2. The van der Waals surface area contributed by atoms with E-state index >= 15 is 0 Å². The van der Waals surface area contributed by atoms with Crippen molar-refractivity contribution in [1.82, 2.24) is 4.98 Å². The van der Waals surface area contributed by atoms with Crippen LogP contribution in [0.4, 0.5) is 11.4 Å². The van der Waals surface area contributed by atoms with Crippen LogP contribution in [0.1, 0.15) is 20.3 Å². The third-order valence-electron chi connectivity index (χ3n) is 4.57. The van der Waals surface area contributed by atoms with E-state index in [0.29, 0.717) is 10.9 Å². The van der Waals surface area contributed by atoms with Gasteiger partial charge in [0.2, 0.25) is 0 Å². The van der Waals surface area contributed by atoms with Crippen molar-refractivity contribution >= 4 is 22.3 Å². The highest BCUT2D eigenvalue weighted by molar-refractivity contribution is 5.97. The summed E-state index contributed by atoms with van der Waals surface area (Å²) in [7, 11) is 0. The molecule has 1 saturated heterocycles. The maximum atomic E-state index is 11.2. The zero-order valence-electron chi connectivity index (χ0n) is 12.8. The van der Waals surface area contributed by atoms with E-state index in [2.05, 4.69) is 23.7 Å². The van der Waals surface area contributed by atoms with E-state index in [4.69, 9.17) is 5.73 Å². The number of hydrogen-bond acceptors (Lipinski definition) is 5. The minimum absolute atomic E-state index is 0.00112. The molecule has 1 aliphatic rings. The molecule has 116 valence electrons. The number of anilines is 1. The number of piperidine rings is 1. The summed E-state index contributed by atoms with van der Waals surface area (Å²) in [5.41, 5.74) is 7.92. The van der Waals surface area contributed by atoms with Crippen LogP contribution >= 0.6 is 0 Å². The van der Waals surface area contributed by atoms with Crippen molar-refractivity contribution in [2.24, 2.45) is 11.1 Å². The van der Waals surface area contributed by atoms with Crippen molar-refractivity contribution in [3.8, 4) is 0 Å². The average molecular weight is 300 g/mol. The van der Waals surface area contributed by atoms with Gasteiger partial charge in [0.1, 0.15) is 5.52 Å². The van der Waals surface area contributed by atoms with Gasteiger partial charge < -0.3 is 10.6 Å². The van der Waals surface area contributed by atoms with Gasteiger partial charge in [0.25, 0.3) is 5.69 Å². The van der Waals surface area contributed by atoms with Crippen LogP contribution in [-0.2, 0) is 0 Å². The van der Waals surface area contributed by atoms with Crippen LogP contribution in [0.5, 0.6) is 0 Å². The van der Waals surface area contributed by atoms with Crippen molar-refractivity contribution in [2.45, 2.75) is 26.3 Å². The molecule has 6 heteroatoms. The molecule has 22 heavy (non-hydrogen) atoms. The molecule has 1 unspecified atom stereocenters. The normalized spacial score (nSPS) is 21.0. The highest BCUT2D eigenvalue weighted by Crippen LogP contribution is 2.36. The number of aromatic nitrogens is 1. The molecule has 2 aromatic rings. The maximum absolute atomic E-state index is 11.2. The lowest BCUT2D eigenvalue weighted by Gasteiger charge is -2.43. The van der Waals surface area contributed by atoms with Gasteiger partial charge in [0, 0.05) is 31.4 Å². The lowest BCUT2D eigenvalue weighted by atomic mass is 9.79. The van der Waals surface area contributed by atoms with E-state index in [9.17, 15) is 10.1 Å². The predicted molar refractivity (Wildman–Crippen MR) is 87.0 cm³/mol. The second kappa shape index (κ2) is 5.21. The molecule has 0 saturated carbocycles. The largest absolute Gasteiger partial charge is 0.369 e. The monoisotopic (exact) mass is 300 g/mol. The van der Waals surface area contributed by atoms with Crippen LogP contribution in [0.25, 0.3) is 10.9 Å². The van der Waals surface area contributed by atoms with Crippen LogP contribution in [0, 0.1) is 15.5 Å². The van der Waals surface area contributed by atoms with E-state index in [1.807, 2.05) is 0 Å². The minimum atomic E-state index is -0.357. The van der Waals surface area contributed by atoms with Gasteiger partial charge in [-0.3, -0.25) is 15.1 Å². The van der Waals surface area contributed by atoms with Gasteiger partial charge in [-0.25, -0.2) is 0 Å². The number of rotatable bonds is 2. The average Bonchev–Trinajstić information content (AvgIpc) is 2.48. The van der Waals surface area contributed by atoms with Crippen LogP contribution in [0.2, 0.25) is 0 Å². The summed E-state index contributed by atoms with van der Waals surface area (Å²) in [6, 6.07) is 7.03. The molecule has 1 fully saturated rings. The topological polar surface area (TPSA) is 85.3 Å². The SMILES string of the molecule is CC1(C)CN(c2ccc([N+](=O)[O-])c3cccnc23)CCC1N. The molecular weight excluding hydrogens is 280 g/mol. The predicted octanol–water partition coefficient (Wildman–Crippen LogP) is 2.71. The van der Waals surface area contributed by atoms with Crippen LogP contribution in [0.15, 0.2) is 30.5 Å². The number of nitrogens with zero attached hydrogens (tertiary/aromatic N) is 3. The first-order valence-corrected chi connectivity index (χ1v) is 7.43. The Kier molecular flexibility index (Phi) is 3.48. The second-order valence-corrected chi connectivity index (χ2v) is 6.57. The molecule has 1 aromatic heterocycles. The summed E-state index contributed by atoms with van der Waals surface area (Å²) in [4.78, 5) is 17.5. The Morgan fingerprint density at radius 3 is 2.86 bits per heavy atom. The Balaban J connectivity index is 2.09. The number of fused-ring (bicyclic) bond motifs is 1. The first kappa shape index (κ1) is 14.7. The first-order valence-electron chi connectivity index (χ1n) is 7.43. The molecule has 0 radical (unpaired) electrons. The summed E-state index contributed by atoms with van der Waals surface area (Å²) < 4.78 is 0. The van der Waals surface area contributed by atoms with Crippen LogP contribution < -0.4 is 10.6 Å². The molecule has 0 bridgehead atoms. The Labute approximate surface area is 129 Å². The minimum Gasteiger partial charge on any atom is -0.369 e. The number of benzene rings is 1. The number of nitro benzene ring substituents is 1. The van der Waals surface area contributed by atoms with E-state index in [0.717, 1.165) is 25.2 Å². The van der Waals surface area contributed by atoms with E-state index in [1.165, 1.54) is 0 Å². The standard InChI is InChI=1S/C16H20N4O2/c1-16(2)10-19(9-7-14(16)17)13-6-5-12(20(21)22)11-4-3-8-18-15(11)13/h3-6,8,14H,7,9-10,17H2,1-2H3. The molecule has 6 nitrogen and oxygen atoms in total. The molecule has 2 N–H and O–H groups in total. The zero-order chi connectivity index (χ0) is 15.9. The summed E-state index contributed by atoms with van der Waals surface area (Å²) in [5, 5.41) is 11.8. The summed E-state index contributed by atoms with van der Waals surface area (Å²) >= 11 is 0. The van der Waals surface area contributed by atoms with Crippen LogP contribution in [-0.4, -0.2) is 29.0 Å². The Hall–Kier alpha value is -2.21. The fraction of sp³-hybridized carbons (Fsp3) is 0.438. The number of hydrogen-bond donors (Lipinski definition) is 1. The molecule has 2 heterocycles. The van der Waals surface area contributed by atoms with Gasteiger partial charge in [-0.05, 0) is 30.0 Å². The lowest BCUT2D eigenvalue weighted by molar-refractivity contribution is -0.383. The number of nitro groups is 1. The lowest BCUT2D eigenvalue weighted by Crippen LogP contribution is -2.52. The first-order chi connectivity index (χ1) is 10.4.